The molecule has 0 aromatic heterocycles. The highest BCUT2D eigenvalue weighted by Gasteiger charge is 2.00. The number of hydrogen-bond donors (Lipinski definition) is 1. The maximum atomic E-state index is 9.48. The molecule has 0 heterocycles. The molecule has 0 aliphatic rings. The van der Waals surface area contributed by atoms with E-state index in [2.05, 4.69) is 5.10 Å². The summed E-state index contributed by atoms with van der Waals surface area (Å²) in [7, 11) is 5.21. The quantitative estimate of drug-likeness (QED) is 0.582. The van der Waals surface area contributed by atoms with Crippen LogP contribution in [0.15, 0.2) is 23.3 Å². The number of benzene rings is 1. The highest BCUT2D eigenvalue weighted by molar-refractivity contribution is 5.83. The summed E-state index contributed by atoms with van der Waals surface area (Å²) >= 11 is 0. The Kier molecular flexibility index (Phi) is 3.34. The molecule has 4 heteroatoms. The van der Waals surface area contributed by atoms with Gasteiger partial charge in [-0.2, -0.15) is 5.10 Å². The van der Waals surface area contributed by atoms with Gasteiger partial charge in [-0.3, -0.25) is 0 Å². The molecule has 1 N–H and O–H groups in total. The van der Waals surface area contributed by atoms with Gasteiger partial charge in [0.15, 0.2) is 0 Å². The van der Waals surface area contributed by atoms with Crippen molar-refractivity contribution in [3.8, 4) is 11.5 Å². The summed E-state index contributed by atoms with van der Waals surface area (Å²) < 4.78 is 5.03. The fraction of sp³-hybridized carbons (Fsp3) is 0.300. The molecule has 0 saturated heterocycles. The highest BCUT2D eigenvalue weighted by Crippen LogP contribution is 2.20. The summed E-state index contributed by atoms with van der Waals surface area (Å²) in [6.45, 7) is 0. The van der Waals surface area contributed by atoms with Crippen LogP contribution in [0.3, 0.4) is 0 Å². The Bertz CT molecular complexity index is 335. The van der Waals surface area contributed by atoms with Crippen LogP contribution < -0.4 is 4.74 Å². The van der Waals surface area contributed by atoms with Gasteiger partial charge in [-0.1, -0.05) is 0 Å². The molecule has 0 aliphatic carbocycles. The van der Waals surface area contributed by atoms with Crippen molar-refractivity contribution < 1.29 is 9.84 Å². The van der Waals surface area contributed by atoms with Crippen molar-refractivity contribution in [2.75, 3.05) is 21.2 Å². The van der Waals surface area contributed by atoms with Crippen molar-refractivity contribution in [3.05, 3.63) is 23.8 Å². The summed E-state index contributed by atoms with van der Waals surface area (Å²) in [5.41, 5.74) is 0.637. The van der Waals surface area contributed by atoms with Crippen LogP contribution in [0.5, 0.6) is 11.5 Å². The highest BCUT2D eigenvalue weighted by atomic mass is 16.5. The monoisotopic (exact) mass is 194 g/mol. The first-order valence-electron chi connectivity index (χ1n) is 4.22. The molecule has 14 heavy (non-hydrogen) atoms. The number of hydrazone groups is 1. The number of rotatable bonds is 3. The minimum Gasteiger partial charge on any atom is -0.507 e. The van der Waals surface area contributed by atoms with E-state index < -0.39 is 0 Å². The van der Waals surface area contributed by atoms with Crippen molar-refractivity contribution in [3.63, 3.8) is 0 Å². The molecule has 0 fully saturated rings. The normalized spacial score (nSPS) is 10.5. The number of phenols is 1. The molecule has 0 radical (unpaired) electrons. The Labute approximate surface area is 83.4 Å². The van der Waals surface area contributed by atoms with Crippen molar-refractivity contribution in [1.82, 2.24) is 5.01 Å². The lowest BCUT2D eigenvalue weighted by Gasteiger charge is -2.05. The maximum absolute atomic E-state index is 9.48. The maximum Gasteiger partial charge on any atom is 0.124 e. The van der Waals surface area contributed by atoms with Gasteiger partial charge >= 0.3 is 0 Å². The van der Waals surface area contributed by atoms with Gasteiger partial charge in [-0.15, -0.1) is 0 Å². The van der Waals surface area contributed by atoms with Gasteiger partial charge in [0.1, 0.15) is 11.5 Å². The lowest BCUT2D eigenvalue weighted by Crippen LogP contribution is -2.02. The van der Waals surface area contributed by atoms with Crippen LogP contribution in [0.1, 0.15) is 5.56 Å². The zero-order chi connectivity index (χ0) is 10.6. The van der Waals surface area contributed by atoms with Crippen LogP contribution in [0.4, 0.5) is 0 Å². The van der Waals surface area contributed by atoms with E-state index in [-0.39, 0.29) is 5.75 Å². The molecule has 0 unspecified atom stereocenters. The van der Waals surface area contributed by atoms with Crippen LogP contribution in [0.25, 0.3) is 0 Å². The molecule has 4 nitrogen and oxygen atoms in total. The zero-order valence-electron chi connectivity index (χ0n) is 8.56. The molecular weight excluding hydrogens is 180 g/mol. The standard InChI is InChI=1S/C10H14N2O2/c1-12(2)11-7-8-6-9(14-3)4-5-10(8)13/h4-7,13H,1-3H3. The number of ether oxygens (including phenoxy) is 1. The van der Waals surface area contributed by atoms with Crippen molar-refractivity contribution >= 4 is 6.21 Å². The first-order valence-corrected chi connectivity index (χ1v) is 4.22. The second-order valence-corrected chi connectivity index (χ2v) is 3.02. The average molecular weight is 194 g/mol. The third-order valence-electron chi connectivity index (χ3n) is 1.66. The SMILES string of the molecule is COc1ccc(O)c(C=NN(C)C)c1. The first-order chi connectivity index (χ1) is 6.63. The first kappa shape index (κ1) is 10.4. The molecule has 1 aromatic rings. The van der Waals surface area contributed by atoms with Crippen LogP contribution in [-0.2, 0) is 0 Å². The predicted octanol–water partition coefficient (Wildman–Crippen LogP) is 1.30. The fourth-order valence-electron chi connectivity index (χ4n) is 0.941. The molecule has 0 bridgehead atoms. The summed E-state index contributed by atoms with van der Waals surface area (Å²) in [5.74, 6) is 0.888. The molecule has 0 amide bonds. The molecule has 1 rings (SSSR count). The van der Waals surface area contributed by atoms with E-state index in [1.54, 1.807) is 36.5 Å². The largest absolute Gasteiger partial charge is 0.507 e. The Morgan fingerprint density at radius 3 is 2.71 bits per heavy atom. The van der Waals surface area contributed by atoms with E-state index in [0.717, 1.165) is 0 Å². The molecule has 0 atom stereocenters. The van der Waals surface area contributed by atoms with Gasteiger partial charge in [-0.25, -0.2) is 0 Å². The van der Waals surface area contributed by atoms with E-state index in [0.29, 0.717) is 11.3 Å². The van der Waals surface area contributed by atoms with Crippen molar-refractivity contribution in [2.24, 2.45) is 5.10 Å². The lowest BCUT2D eigenvalue weighted by molar-refractivity contribution is 0.412. The second-order valence-electron chi connectivity index (χ2n) is 3.02. The molecule has 0 saturated carbocycles. The van der Waals surface area contributed by atoms with E-state index >= 15 is 0 Å². The number of phenolic OH excluding ortho intramolecular Hbond substituents is 1. The van der Waals surface area contributed by atoms with Gasteiger partial charge in [0.25, 0.3) is 0 Å². The van der Waals surface area contributed by atoms with Crippen LogP contribution in [0, 0.1) is 0 Å². The number of methoxy groups -OCH3 is 1. The molecule has 76 valence electrons. The summed E-state index contributed by atoms with van der Waals surface area (Å²) in [5, 5.41) is 15.2. The van der Waals surface area contributed by atoms with Gasteiger partial charge in [-0.05, 0) is 18.2 Å². The summed E-state index contributed by atoms with van der Waals surface area (Å²) in [6.07, 6.45) is 1.58. The Hall–Kier alpha value is -1.71. The third kappa shape index (κ3) is 2.65. The minimum absolute atomic E-state index is 0.191. The fourth-order valence-corrected chi connectivity index (χ4v) is 0.941. The average Bonchev–Trinajstić information content (AvgIpc) is 2.16. The predicted molar refractivity (Wildman–Crippen MR) is 55.9 cm³/mol. The van der Waals surface area contributed by atoms with Gasteiger partial charge in [0, 0.05) is 19.7 Å². The van der Waals surface area contributed by atoms with Gasteiger partial charge < -0.3 is 14.9 Å². The van der Waals surface area contributed by atoms with E-state index in [1.807, 2.05) is 14.1 Å². The topological polar surface area (TPSA) is 45.1 Å². The Balaban J connectivity index is 2.94. The van der Waals surface area contributed by atoms with Crippen molar-refractivity contribution in [2.45, 2.75) is 0 Å². The molecular formula is C10H14N2O2. The third-order valence-corrected chi connectivity index (χ3v) is 1.66. The second kappa shape index (κ2) is 4.50. The van der Waals surface area contributed by atoms with Gasteiger partial charge in [0.2, 0.25) is 0 Å². The van der Waals surface area contributed by atoms with E-state index in [4.69, 9.17) is 4.74 Å². The molecule has 0 spiro atoms. The number of hydrogen-bond acceptors (Lipinski definition) is 4. The zero-order valence-corrected chi connectivity index (χ0v) is 8.56. The van der Waals surface area contributed by atoms with Crippen molar-refractivity contribution in [1.29, 1.82) is 0 Å². The van der Waals surface area contributed by atoms with Crippen LogP contribution in [-0.4, -0.2) is 37.5 Å². The Morgan fingerprint density at radius 2 is 2.14 bits per heavy atom. The minimum atomic E-state index is 0.191. The molecule has 1 aromatic carbocycles. The molecule has 0 aliphatic heterocycles. The van der Waals surface area contributed by atoms with Crippen LogP contribution >= 0.6 is 0 Å². The smallest absolute Gasteiger partial charge is 0.124 e. The Morgan fingerprint density at radius 1 is 1.43 bits per heavy atom. The lowest BCUT2D eigenvalue weighted by atomic mass is 10.2. The van der Waals surface area contributed by atoms with Crippen LogP contribution in [0.2, 0.25) is 0 Å². The van der Waals surface area contributed by atoms with E-state index in [1.165, 1.54) is 0 Å². The summed E-state index contributed by atoms with van der Waals surface area (Å²) in [6, 6.07) is 5.00. The van der Waals surface area contributed by atoms with E-state index in [9.17, 15) is 5.11 Å². The number of nitrogens with zero attached hydrogens (tertiary/aromatic N) is 2. The number of aromatic hydroxyl groups is 1. The van der Waals surface area contributed by atoms with Gasteiger partial charge in [0.05, 0.1) is 13.3 Å². The summed E-state index contributed by atoms with van der Waals surface area (Å²) in [4.78, 5) is 0.